The van der Waals surface area contributed by atoms with Crippen molar-refractivity contribution in [1.29, 1.82) is 0 Å². The number of aromatic nitrogens is 4. The fourth-order valence-corrected chi connectivity index (χ4v) is 1.63. The summed E-state index contributed by atoms with van der Waals surface area (Å²) in [5.41, 5.74) is 1.73. The Morgan fingerprint density at radius 3 is 2.76 bits per heavy atom. The Morgan fingerprint density at radius 1 is 1.24 bits per heavy atom. The number of halogens is 1. The second-order valence-corrected chi connectivity index (χ2v) is 3.95. The molecular weight excluding hydrogens is 238 g/mol. The van der Waals surface area contributed by atoms with E-state index in [2.05, 4.69) is 25.3 Å². The fraction of sp³-hybridized carbons (Fsp3) is 0.273. The molecule has 0 saturated heterocycles. The van der Waals surface area contributed by atoms with Crippen LogP contribution in [0.5, 0.6) is 0 Å². The van der Waals surface area contributed by atoms with E-state index < -0.39 is 0 Å². The van der Waals surface area contributed by atoms with Crippen molar-refractivity contribution < 1.29 is 0 Å². The van der Waals surface area contributed by atoms with Crippen LogP contribution in [0, 0.1) is 13.8 Å². The highest BCUT2D eigenvalue weighted by Crippen LogP contribution is 2.10. The molecule has 0 aromatic carbocycles. The van der Waals surface area contributed by atoms with Crippen LogP contribution >= 0.6 is 11.6 Å². The molecule has 0 radical (unpaired) electrons. The van der Waals surface area contributed by atoms with Gasteiger partial charge in [0.1, 0.15) is 11.6 Å². The molecule has 88 valence electrons. The largest absolute Gasteiger partial charge is 0.364 e. The van der Waals surface area contributed by atoms with E-state index >= 15 is 0 Å². The molecule has 0 aliphatic carbocycles. The summed E-state index contributed by atoms with van der Waals surface area (Å²) in [6.45, 7) is 4.30. The number of aryl methyl sites for hydroxylation is 2. The Morgan fingerprint density at radius 2 is 2.06 bits per heavy atom. The van der Waals surface area contributed by atoms with Gasteiger partial charge in [-0.25, -0.2) is 19.9 Å². The summed E-state index contributed by atoms with van der Waals surface area (Å²) in [6, 6.07) is 3.69. The van der Waals surface area contributed by atoms with Crippen LogP contribution in [-0.4, -0.2) is 19.9 Å². The third-order valence-electron chi connectivity index (χ3n) is 2.11. The highest BCUT2D eigenvalue weighted by molar-refractivity contribution is 6.28. The van der Waals surface area contributed by atoms with Crippen LogP contribution in [-0.2, 0) is 6.54 Å². The molecule has 2 rings (SSSR count). The summed E-state index contributed by atoms with van der Waals surface area (Å²) >= 11 is 5.77. The number of rotatable bonds is 3. The summed E-state index contributed by atoms with van der Waals surface area (Å²) in [5.74, 6) is 1.44. The maximum Gasteiger partial charge on any atom is 0.224 e. The first-order valence-electron chi connectivity index (χ1n) is 5.17. The summed E-state index contributed by atoms with van der Waals surface area (Å²) in [4.78, 5) is 16.4. The maximum absolute atomic E-state index is 5.77. The summed E-state index contributed by atoms with van der Waals surface area (Å²) in [7, 11) is 0. The lowest BCUT2D eigenvalue weighted by Gasteiger charge is -2.06. The number of anilines is 1. The van der Waals surface area contributed by atoms with Crippen molar-refractivity contribution in [3.05, 3.63) is 40.8 Å². The van der Waals surface area contributed by atoms with Gasteiger partial charge < -0.3 is 5.32 Å². The van der Waals surface area contributed by atoms with Crippen LogP contribution in [0.2, 0.25) is 5.28 Å². The molecule has 0 aliphatic rings. The molecule has 0 aliphatic heterocycles. The zero-order valence-electron chi connectivity index (χ0n) is 9.61. The lowest BCUT2D eigenvalue weighted by molar-refractivity contribution is 0.946. The van der Waals surface area contributed by atoms with Crippen LogP contribution in [0.4, 0.5) is 5.82 Å². The van der Waals surface area contributed by atoms with Crippen LogP contribution < -0.4 is 5.32 Å². The highest BCUT2D eigenvalue weighted by Gasteiger charge is 2.00. The molecule has 2 heterocycles. The quantitative estimate of drug-likeness (QED) is 0.845. The minimum atomic E-state index is 0.242. The van der Waals surface area contributed by atoms with Gasteiger partial charge in [-0.2, -0.15) is 0 Å². The predicted molar refractivity (Wildman–Crippen MR) is 65.9 cm³/mol. The van der Waals surface area contributed by atoms with Crippen LogP contribution in [0.3, 0.4) is 0 Å². The van der Waals surface area contributed by atoms with Crippen LogP contribution in [0.15, 0.2) is 18.3 Å². The second-order valence-electron chi connectivity index (χ2n) is 3.61. The van der Waals surface area contributed by atoms with Crippen molar-refractivity contribution in [3.63, 3.8) is 0 Å². The van der Waals surface area contributed by atoms with E-state index in [-0.39, 0.29) is 5.28 Å². The molecule has 5 nitrogen and oxygen atoms in total. The van der Waals surface area contributed by atoms with Crippen molar-refractivity contribution in [2.24, 2.45) is 0 Å². The molecule has 0 unspecified atom stereocenters. The summed E-state index contributed by atoms with van der Waals surface area (Å²) in [5, 5.41) is 3.39. The molecule has 17 heavy (non-hydrogen) atoms. The van der Waals surface area contributed by atoms with Gasteiger partial charge in [0.2, 0.25) is 5.28 Å². The lowest BCUT2D eigenvalue weighted by atomic mass is 10.3. The van der Waals surface area contributed by atoms with E-state index in [9.17, 15) is 0 Å². The minimum Gasteiger partial charge on any atom is -0.364 e. The van der Waals surface area contributed by atoms with Gasteiger partial charge in [-0.1, -0.05) is 0 Å². The Bertz CT molecular complexity index is 509. The molecule has 6 heteroatoms. The molecule has 0 atom stereocenters. The first-order valence-corrected chi connectivity index (χ1v) is 5.55. The third-order valence-corrected chi connectivity index (χ3v) is 2.28. The van der Waals surface area contributed by atoms with Gasteiger partial charge in [0.15, 0.2) is 0 Å². The molecule has 2 aromatic rings. The summed E-state index contributed by atoms with van der Waals surface area (Å²) < 4.78 is 0. The first-order chi connectivity index (χ1) is 8.13. The molecule has 0 saturated carbocycles. The van der Waals surface area contributed by atoms with E-state index in [0.29, 0.717) is 12.4 Å². The van der Waals surface area contributed by atoms with Gasteiger partial charge in [0, 0.05) is 18.0 Å². The van der Waals surface area contributed by atoms with Gasteiger partial charge in [0.05, 0.1) is 12.2 Å². The van der Waals surface area contributed by atoms with Gasteiger partial charge in [-0.3, -0.25) is 0 Å². The van der Waals surface area contributed by atoms with Gasteiger partial charge in [-0.15, -0.1) is 0 Å². The van der Waals surface area contributed by atoms with Crippen molar-refractivity contribution >= 4 is 17.4 Å². The predicted octanol–water partition coefficient (Wildman–Crippen LogP) is 2.15. The lowest BCUT2D eigenvalue weighted by Crippen LogP contribution is -2.05. The highest BCUT2D eigenvalue weighted by atomic mass is 35.5. The summed E-state index contributed by atoms with van der Waals surface area (Å²) in [6.07, 6.45) is 1.73. The number of hydrogen-bond donors (Lipinski definition) is 1. The first kappa shape index (κ1) is 11.7. The molecule has 0 fully saturated rings. The zero-order valence-corrected chi connectivity index (χ0v) is 10.4. The third kappa shape index (κ3) is 3.35. The van der Waals surface area contributed by atoms with E-state index in [0.717, 1.165) is 17.2 Å². The minimum absolute atomic E-state index is 0.242. The molecule has 0 bridgehead atoms. The van der Waals surface area contributed by atoms with E-state index in [1.165, 1.54) is 0 Å². The Hall–Kier alpha value is -1.75. The van der Waals surface area contributed by atoms with Gasteiger partial charge in [0.25, 0.3) is 0 Å². The van der Waals surface area contributed by atoms with Crippen molar-refractivity contribution in [2.45, 2.75) is 20.4 Å². The monoisotopic (exact) mass is 249 g/mol. The Labute approximate surface area is 104 Å². The smallest absolute Gasteiger partial charge is 0.224 e. The van der Waals surface area contributed by atoms with Crippen LogP contribution in [0.1, 0.15) is 17.2 Å². The number of nitrogens with one attached hydrogen (secondary N) is 1. The fourth-order valence-electron chi connectivity index (χ4n) is 1.41. The molecule has 2 aromatic heterocycles. The van der Waals surface area contributed by atoms with Gasteiger partial charge in [-0.05, 0) is 31.5 Å². The number of hydrogen-bond acceptors (Lipinski definition) is 5. The van der Waals surface area contributed by atoms with E-state index in [1.54, 1.807) is 6.20 Å². The Balaban J connectivity index is 2.07. The average molecular weight is 250 g/mol. The Kier molecular flexibility index (Phi) is 3.49. The maximum atomic E-state index is 5.77. The van der Waals surface area contributed by atoms with Crippen molar-refractivity contribution in [3.8, 4) is 0 Å². The average Bonchev–Trinajstić information content (AvgIpc) is 2.25. The molecule has 0 amide bonds. The van der Waals surface area contributed by atoms with Gasteiger partial charge >= 0.3 is 0 Å². The standard InChI is InChI=1S/C11H12ClN5/c1-7-5-10(17-11(12)15-7)14-6-9-3-4-13-8(2)16-9/h3-5H,6H2,1-2H3,(H,14,15,17). The second kappa shape index (κ2) is 5.05. The van der Waals surface area contributed by atoms with Crippen molar-refractivity contribution in [1.82, 2.24) is 19.9 Å². The van der Waals surface area contributed by atoms with E-state index in [1.807, 2.05) is 26.0 Å². The SMILES string of the molecule is Cc1cc(NCc2ccnc(C)n2)nc(Cl)n1. The van der Waals surface area contributed by atoms with E-state index in [4.69, 9.17) is 11.6 Å². The normalized spacial score (nSPS) is 10.3. The number of nitrogens with zero attached hydrogens (tertiary/aromatic N) is 4. The molecular formula is C11H12ClN5. The van der Waals surface area contributed by atoms with Crippen LogP contribution in [0.25, 0.3) is 0 Å². The molecule has 0 spiro atoms. The molecule has 1 N–H and O–H groups in total. The topological polar surface area (TPSA) is 63.6 Å². The van der Waals surface area contributed by atoms with Crippen molar-refractivity contribution in [2.75, 3.05) is 5.32 Å². The zero-order chi connectivity index (χ0) is 12.3.